The van der Waals surface area contributed by atoms with Gasteiger partial charge in [0.25, 0.3) is 0 Å². The normalized spacial score (nSPS) is 19.8. The summed E-state index contributed by atoms with van der Waals surface area (Å²) in [6.45, 7) is -0.213. The Morgan fingerprint density at radius 3 is 2.67 bits per heavy atom. The van der Waals surface area contributed by atoms with Crippen LogP contribution < -0.4 is 10.0 Å². The number of aliphatic hydroxyl groups is 1. The number of hydrogen-bond donors (Lipinski definition) is 3. The lowest BCUT2D eigenvalue weighted by atomic mass is 9.78. The number of nitrogens with one attached hydrogen (secondary N) is 2. The first-order valence-electron chi connectivity index (χ1n) is 6.62. The van der Waals surface area contributed by atoms with Crippen LogP contribution in [0.3, 0.4) is 0 Å². The Balaban J connectivity index is 1.96. The number of hydrogen-bond acceptors (Lipinski definition) is 4. The van der Waals surface area contributed by atoms with Crippen molar-refractivity contribution in [3.8, 4) is 0 Å². The number of halogens is 1. The molecular weight excluding hydrogens is 360 g/mol. The van der Waals surface area contributed by atoms with Crippen LogP contribution in [0.2, 0.25) is 0 Å². The molecule has 0 aromatic heterocycles. The zero-order chi connectivity index (χ0) is 15.3. The Kier molecular flexibility index (Phi) is 3.59. The minimum absolute atomic E-state index is 0.0949. The Morgan fingerprint density at radius 1 is 1.38 bits per heavy atom. The van der Waals surface area contributed by atoms with Crippen LogP contribution in [0, 0.1) is 0 Å². The predicted octanol–water partition coefficient (Wildman–Crippen LogP) is 1.14. The molecule has 21 heavy (non-hydrogen) atoms. The lowest BCUT2D eigenvalue weighted by molar-refractivity contribution is -0.115. The monoisotopic (exact) mass is 374 g/mol. The van der Waals surface area contributed by atoms with Gasteiger partial charge in [-0.15, -0.1) is 0 Å². The lowest BCUT2D eigenvalue weighted by Gasteiger charge is -2.40. The highest BCUT2D eigenvalue weighted by atomic mass is 79.9. The average molecular weight is 375 g/mol. The summed E-state index contributed by atoms with van der Waals surface area (Å²) in [6.07, 6.45) is 2.33. The molecule has 3 N–H and O–H groups in total. The molecule has 2 aliphatic rings. The summed E-state index contributed by atoms with van der Waals surface area (Å²) in [5.41, 5.74) is 0.548. The number of anilines is 1. The van der Waals surface area contributed by atoms with Crippen LogP contribution in [-0.2, 0) is 21.2 Å². The molecule has 0 radical (unpaired) electrons. The number of aliphatic hydroxyl groups excluding tert-OH is 1. The van der Waals surface area contributed by atoms with E-state index in [9.17, 15) is 18.3 Å². The van der Waals surface area contributed by atoms with E-state index in [2.05, 4.69) is 26.0 Å². The second-order valence-electron chi connectivity index (χ2n) is 5.56. The van der Waals surface area contributed by atoms with Crippen molar-refractivity contribution >= 4 is 37.5 Å². The van der Waals surface area contributed by atoms with Crippen LogP contribution in [-0.4, -0.2) is 31.6 Å². The fraction of sp³-hybridized carbons (Fsp3) is 0.462. The number of amides is 1. The van der Waals surface area contributed by atoms with Gasteiger partial charge < -0.3 is 10.4 Å². The highest BCUT2D eigenvalue weighted by Gasteiger charge is 2.41. The van der Waals surface area contributed by atoms with Crippen LogP contribution >= 0.6 is 15.9 Å². The van der Waals surface area contributed by atoms with Crippen molar-refractivity contribution in [3.63, 3.8) is 0 Å². The van der Waals surface area contributed by atoms with Gasteiger partial charge >= 0.3 is 0 Å². The highest BCUT2D eigenvalue weighted by molar-refractivity contribution is 9.10. The summed E-state index contributed by atoms with van der Waals surface area (Å²) in [7, 11) is -3.76. The van der Waals surface area contributed by atoms with Crippen molar-refractivity contribution in [1.82, 2.24) is 4.72 Å². The average Bonchev–Trinajstić information content (AvgIpc) is 2.72. The van der Waals surface area contributed by atoms with Crippen LogP contribution in [0.25, 0.3) is 0 Å². The number of sulfonamides is 1. The summed E-state index contributed by atoms with van der Waals surface area (Å²) in [6, 6.07) is 3.10. The summed E-state index contributed by atoms with van der Waals surface area (Å²) in [4.78, 5) is 11.5. The maximum atomic E-state index is 12.5. The van der Waals surface area contributed by atoms with Crippen LogP contribution in [0.1, 0.15) is 24.8 Å². The third-order valence-electron chi connectivity index (χ3n) is 4.04. The van der Waals surface area contributed by atoms with Crippen molar-refractivity contribution in [2.45, 2.75) is 36.1 Å². The Hall–Kier alpha value is -0.960. The second kappa shape index (κ2) is 5.05. The van der Waals surface area contributed by atoms with Gasteiger partial charge in [0.1, 0.15) is 0 Å². The molecular formula is C13H15BrN2O4S. The van der Waals surface area contributed by atoms with Gasteiger partial charge in [-0.2, -0.15) is 0 Å². The summed E-state index contributed by atoms with van der Waals surface area (Å²) >= 11 is 3.24. The number of carbonyl (C=O) groups excluding carboxylic acids is 1. The van der Waals surface area contributed by atoms with Gasteiger partial charge in [-0.3, -0.25) is 4.79 Å². The van der Waals surface area contributed by atoms with Crippen molar-refractivity contribution in [3.05, 3.63) is 22.2 Å². The molecule has 1 heterocycles. The van der Waals surface area contributed by atoms with E-state index >= 15 is 0 Å². The van der Waals surface area contributed by atoms with Crippen LogP contribution in [0.15, 0.2) is 21.5 Å². The van der Waals surface area contributed by atoms with Crippen molar-refractivity contribution in [2.24, 2.45) is 0 Å². The topological polar surface area (TPSA) is 95.5 Å². The van der Waals surface area contributed by atoms with Gasteiger partial charge in [0.05, 0.1) is 23.5 Å². The second-order valence-corrected chi connectivity index (χ2v) is 8.07. The molecule has 1 aromatic rings. The molecule has 0 bridgehead atoms. The minimum atomic E-state index is -3.76. The van der Waals surface area contributed by atoms with Crippen LogP contribution in [0.4, 0.5) is 5.69 Å². The first kappa shape index (κ1) is 15.0. The Labute approximate surface area is 131 Å². The third kappa shape index (κ3) is 2.61. The van der Waals surface area contributed by atoms with E-state index in [-0.39, 0.29) is 23.8 Å². The molecule has 3 rings (SSSR count). The van der Waals surface area contributed by atoms with E-state index < -0.39 is 15.6 Å². The quantitative estimate of drug-likeness (QED) is 0.736. The van der Waals surface area contributed by atoms with Crippen molar-refractivity contribution in [1.29, 1.82) is 0 Å². The van der Waals surface area contributed by atoms with Gasteiger partial charge in [0, 0.05) is 10.2 Å². The first-order chi connectivity index (χ1) is 9.85. The van der Waals surface area contributed by atoms with Crippen molar-refractivity contribution in [2.75, 3.05) is 11.9 Å². The zero-order valence-electron chi connectivity index (χ0n) is 11.1. The molecule has 0 saturated heterocycles. The van der Waals surface area contributed by atoms with Gasteiger partial charge in [0.2, 0.25) is 15.9 Å². The van der Waals surface area contributed by atoms with E-state index in [0.717, 1.165) is 6.42 Å². The SMILES string of the molecule is O=C1Cc2cc(S(=O)(=O)NC3(CO)CCC3)c(Br)cc2N1. The van der Waals surface area contributed by atoms with Crippen molar-refractivity contribution < 1.29 is 18.3 Å². The van der Waals surface area contributed by atoms with Gasteiger partial charge in [-0.25, -0.2) is 13.1 Å². The molecule has 1 amide bonds. The third-order valence-corrected chi connectivity index (χ3v) is 6.57. The fourth-order valence-corrected chi connectivity index (χ4v) is 5.21. The predicted molar refractivity (Wildman–Crippen MR) is 80.5 cm³/mol. The van der Waals surface area contributed by atoms with E-state index in [1.807, 2.05) is 0 Å². The van der Waals surface area contributed by atoms with Gasteiger partial charge in [0.15, 0.2) is 0 Å². The van der Waals surface area contributed by atoms with Gasteiger partial charge in [-0.05, 0) is 52.9 Å². The maximum absolute atomic E-state index is 12.5. The Morgan fingerprint density at radius 2 is 2.10 bits per heavy atom. The standard InChI is InChI=1S/C13H15BrN2O4S/c14-9-6-10-8(5-12(18)15-10)4-11(9)21(19,20)16-13(7-17)2-1-3-13/h4,6,16-17H,1-3,5,7H2,(H,15,18). The molecule has 1 saturated carbocycles. The molecule has 1 aliphatic heterocycles. The number of carbonyl (C=O) groups is 1. The number of rotatable bonds is 4. The molecule has 1 fully saturated rings. The molecule has 1 aliphatic carbocycles. The molecule has 114 valence electrons. The first-order valence-corrected chi connectivity index (χ1v) is 8.90. The summed E-state index contributed by atoms with van der Waals surface area (Å²) in [5.74, 6) is -0.148. The van der Waals surface area contributed by atoms with E-state index in [4.69, 9.17) is 0 Å². The molecule has 1 aromatic carbocycles. The smallest absolute Gasteiger partial charge is 0.242 e. The Bertz CT molecular complexity index is 708. The number of benzene rings is 1. The minimum Gasteiger partial charge on any atom is -0.394 e. The summed E-state index contributed by atoms with van der Waals surface area (Å²) in [5, 5.41) is 12.1. The molecule has 8 heteroatoms. The van der Waals surface area contributed by atoms with Gasteiger partial charge in [-0.1, -0.05) is 0 Å². The maximum Gasteiger partial charge on any atom is 0.242 e. The zero-order valence-corrected chi connectivity index (χ0v) is 13.6. The lowest BCUT2D eigenvalue weighted by Crippen LogP contribution is -2.56. The number of fused-ring (bicyclic) bond motifs is 1. The van der Waals surface area contributed by atoms with E-state index in [1.54, 1.807) is 6.07 Å². The van der Waals surface area contributed by atoms with E-state index in [0.29, 0.717) is 28.6 Å². The molecule has 0 atom stereocenters. The highest BCUT2D eigenvalue weighted by Crippen LogP contribution is 2.36. The van der Waals surface area contributed by atoms with Crippen LogP contribution in [0.5, 0.6) is 0 Å². The molecule has 0 spiro atoms. The fourth-order valence-electron chi connectivity index (χ4n) is 2.67. The largest absolute Gasteiger partial charge is 0.394 e. The molecule has 0 unspecified atom stereocenters. The van der Waals surface area contributed by atoms with E-state index in [1.165, 1.54) is 6.07 Å². The summed E-state index contributed by atoms with van der Waals surface area (Å²) < 4.78 is 28.1. The molecule has 6 nitrogen and oxygen atoms in total.